The molecule has 3 aromatic rings. The van der Waals surface area contributed by atoms with Gasteiger partial charge in [0.15, 0.2) is 0 Å². The lowest BCUT2D eigenvalue weighted by atomic mass is 10.1. The maximum absolute atomic E-state index is 14.0. The third-order valence-corrected chi connectivity index (χ3v) is 3.37. The first-order valence-corrected chi connectivity index (χ1v) is 6.68. The predicted molar refractivity (Wildman–Crippen MR) is 78.5 cm³/mol. The highest BCUT2D eigenvalue weighted by Gasteiger charge is 2.22. The lowest BCUT2D eigenvalue weighted by Gasteiger charge is -2.18. The average molecular weight is 285 g/mol. The number of furan rings is 1. The number of halogens is 1. The van der Waals surface area contributed by atoms with Crippen molar-refractivity contribution in [2.24, 2.45) is 7.05 Å². The van der Waals surface area contributed by atoms with Crippen LogP contribution in [0.2, 0.25) is 0 Å². The maximum atomic E-state index is 14.0. The summed E-state index contributed by atoms with van der Waals surface area (Å²) in [7, 11) is 1.90. The molecule has 0 radical (unpaired) electrons. The van der Waals surface area contributed by atoms with Crippen molar-refractivity contribution >= 4 is 5.69 Å². The number of hydrogen-bond acceptors (Lipinski definition) is 3. The second-order valence-electron chi connectivity index (χ2n) is 4.97. The number of nitrogens with zero attached hydrogens (tertiary/aromatic N) is 2. The number of benzene rings is 1. The monoisotopic (exact) mass is 285 g/mol. The summed E-state index contributed by atoms with van der Waals surface area (Å²) in [6.07, 6.45) is 5.15. The summed E-state index contributed by atoms with van der Waals surface area (Å²) in [5.74, 6) is 1.14. The zero-order chi connectivity index (χ0) is 14.8. The van der Waals surface area contributed by atoms with Gasteiger partial charge < -0.3 is 14.3 Å². The Kier molecular flexibility index (Phi) is 3.48. The summed E-state index contributed by atoms with van der Waals surface area (Å²) in [5, 5.41) is 3.18. The van der Waals surface area contributed by atoms with E-state index >= 15 is 0 Å². The Morgan fingerprint density at radius 2 is 2.19 bits per heavy atom. The van der Waals surface area contributed by atoms with Gasteiger partial charge in [-0.05, 0) is 36.8 Å². The number of imidazole rings is 1. The smallest absolute Gasteiger partial charge is 0.146 e. The summed E-state index contributed by atoms with van der Waals surface area (Å²) >= 11 is 0. The molecule has 4 nitrogen and oxygen atoms in total. The van der Waals surface area contributed by atoms with Crippen molar-refractivity contribution in [3.63, 3.8) is 0 Å². The minimum absolute atomic E-state index is 0.300. The molecular weight excluding hydrogens is 269 g/mol. The van der Waals surface area contributed by atoms with E-state index in [9.17, 15) is 4.39 Å². The molecule has 0 saturated heterocycles. The second kappa shape index (κ2) is 5.44. The minimum Gasteiger partial charge on any atom is -0.467 e. The van der Waals surface area contributed by atoms with Gasteiger partial charge >= 0.3 is 0 Å². The second-order valence-corrected chi connectivity index (χ2v) is 4.97. The van der Waals surface area contributed by atoms with Crippen LogP contribution in [0, 0.1) is 12.7 Å². The van der Waals surface area contributed by atoms with Gasteiger partial charge in [0.1, 0.15) is 23.4 Å². The van der Waals surface area contributed by atoms with Gasteiger partial charge in [-0.15, -0.1) is 0 Å². The van der Waals surface area contributed by atoms with Crippen LogP contribution in [-0.2, 0) is 7.05 Å². The topological polar surface area (TPSA) is 43.0 Å². The number of rotatable bonds is 4. The average Bonchev–Trinajstić information content (AvgIpc) is 3.11. The molecule has 2 aromatic heterocycles. The molecule has 1 aromatic carbocycles. The van der Waals surface area contributed by atoms with Gasteiger partial charge in [0.05, 0.1) is 12.0 Å². The molecule has 1 atom stereocenters. The highest BCUT2D eigenvalue weighted by atomic mass is 19.1. The molecule has 1 N–H and O–H groups in total. The standard InChI is InChI=1S/C16H16FN3O/c1-11-5-6-12(17)13(10-11)19-15(14-4-3-9-21-14)16-18-7-8-20(16)2/h3-10,15,19H,1-2H3. The van der Waals surface area contributed by atoms with Gasteiger partial charge in [0.2, 0.25) is 0 Å². The number of aromatic nitrogens is 2. The normalized spacial score (nSPS) is 12.3. The third-order valence-electron chi connectivity index (χ3n) is 3.37. The fourth-order valence-corrected chi connectivity index (χ4v) is 2.28. The van der Waals surface area contributed by atoms with E-state index in [1.54, 1.807) is 30.7 Å². The zero-order valence-corrected chi connectivity index (χ0v) is 11.9. The van der Waals surface area contributed by atoms with Crippen LogP contribution < -0.4 is 5.32 Å². The Hall–Kier alpha value is -2.56. The molecule has 0 aliphatic carbocycles. The van der Waals surface area contributed by atoms with Crippen molar-refractivity contribution in [1.82, 2.24) is 9.55 Å². The van der Waals surface area contributed by atoms with Crippen LogP contribution >= 0.6 is 0 Å². The molecule has 5 heteroatoms. The summed E-state index contributed by atoms with van der Waals surface area (Å²) in [6, 6.07) is 8.27. The molecule has 0 aliphatic heterocycles. The van der Waals surface area contributed by atoms with Crippen molar-refractivity contribution in [2.45, 2.75) is 13.0 Å². The lowest BCUT2D eigenvalue weighted by Crippen LogP contribution is -2.17. The summed E-state index contributed by atoms with van der Waals surface area (Å²) in [6.45, 7) is 1.92. The van der Waals surface area contributed by atoms with E-state index in [0.717, 1.165) is 11.4 Å². The Morgan fingerprint density at radius 1 is 1.33 bits per heavy atom. The third kappa shape index (κ3) is 2.67. The first-order valence-electron chi connectivity index (χ1n) is 6.68. The molecule has 0 bridgehead atoms. The van der Waals surface area contributed by atoms with Gasteiger partial charge in [-0.1, -0.05) is 6.07 Å². The number of aryl methyl sites for hydroxylation is 2. The van der Waals surface area contributed by atoms with Crippen molar-refractivity contribution in [1.29, 1.82) is 0 Å². The van der Waals surface area contributed by atoms with Crippen LogP contribution in [0.1, 0.15) is 23.2 Å². The van der Waals surface area contributed by atoms with Gasteiger partial charge in [-0.2, -0.15) is 0 Å². The molecule has 0 amide bonds. The first-order chi connectivity index (χ1) is 10.1. The quantitative estimate of drug-likeness (QED) is 0.795. The molecular formula is C16H16FN3O. The fourth-order valence-electron chi connectivity index (χ4n) is 2.28. The van der Waals surface area contributed by atoms with Crippen LogP contribution in [0.15, 0.2) is 53.4 Å². The number of nitrogens with one attached hydrogen (secondary N) is 1. The first kappa shape index (κ1) is 13.4. The zero-order valence-electron chi connectivity index (χ0n) is 11.9. The van der Waals surface area contributed by atoms with E-state index in [1.807, 2.05) is 30.8 Å². The molecule has 2 heterocycles. The lowest BCUT2D eigenvalue weighted by molar-refractivity contribution is 0.487. The maximum Gasteiger partial charge on any atom is 0.146 e. The van der Waals surface area contributed by atoms with Crippen LogP contribution in [-0.4, -0.2) is 9.55 Å². The molecule has 0 fully saturated rings. The van der Waals surface area contributed by atoms with Gasteiger partial charge in [0, 0.05) is 19.4 Å². The summed E-state index contributed by atoms with van der Waals surface area (Å²) < 4.78 is 21.4. The largest absolute Gasteiger partial charge is 0.467 e. The van der Waals surface area contributed by atoms with Crippen molar-refractivity contribution in [3.05, 3.63) is 72.0 Å². The highest BCUT2D eigenvalue weighted by Crippen LogP contribution is 2.27. The van der Waals surface area contributed by atoms with E-state index < -0.39 is 0 Å². The molecule has 0 spiro atoms. The van der Waals surface area contributed by atoms with Crippen molar-refractivity contribution in [3.8, 4) is 0 Å². The molecule has 3 rings (SSSR count). The molecule has 21 heavy (non-hydrogen) atoms. The predicted octanol–water partition coefficient (Wildman–Crippen LogP) is 3.66. The van der Waals surface area contributed by atoms with Gasteiger partial charge in [-0.25, -0.2) is 9.37 Å². The van der Waals surface area contributed by atoms with Crippen LogP contribution in [0.4, 0.5) is 10.1 Å². The van der Waals surface area contributed by atoms with E-state index in [-0.39, 0.29) is 11.9 Å². The van der Waals surface area contributed by atoms with Crippen molar-refractivity contribution in [2.75, 3.05) is 5.32 Å². The number of anilines is 1. The number of hydrogen-bond donors (Lipinski definition) is 1. The Balaban J connectivity index is 2.01. The van der Waals surface area contributed by atoms with Gasteiger partial charge in [-0.3, -0.25) is 0 Å². The van der Waals surface area contributed by atoms with E-state index in [4.69, 9.17) is 4.42 Å². The highest BCUT2D eigenvalue weighted by molar-refractivity contribution is 5.49. The van der Waals surface area contributed by atoms with E-state index in [2.05, 4.69) is 10.3 Å². The van der Waals surface area contributed by atoms with Crippen molar-refractivity contribution < 1.29 is 8.81 Å². The molecule has 1 unspecified atom stereocenters. The van der Waals surface area contributed by atoms with E-state index in [0.29, 0.717) is 11.4 Å². The van der Waals surface area contributed by atoms with Crippen LogP contribution in [0.25, 0.3) is 0 Å². The molecule has 0 aliphatic rings. The molecule has 108 valence electrons. The Morgan fingerprint density at radius 3 is 2.86 bits per heavy atom. The minimum atomic E-state index is -0.351. The fraction of sp³-hybridized carbons (Fsp3) is 0.188. The molecule has 0 saturated carbocycles. The SMILES string of the molecule is Cc1ccc(F)c(NC(c2ccco2)c2nccn2C)c1. The van der Waals surface area contributed by atoms with Crippen LogP contribution in [0.3, 0.4) is 0 Å². The van der Waals surface area contributed by atoms with Gasteiger partial charge in [0.25, 0.3) is 0 Å². The summed E-state index contributed by atoms with van der Waals surface area (Å²) in [4.78, 5) is 4.34. The summed E-state index contributed by atoms with van der Waals surface area (Å²) in [5.41, 5.74) is 1.41. The van der Waals surface area contributed by atoms with E-state index in [1.165, 1.54) is 6.07 Å². The Labute approximate surface area is 122 Å². The Bertz CT molecular complexity index is 734. The van der Waals surface area contributed by atoms with Crippen LogP contribution in [0.5, 0.6) is 0 Å².